The summed E-state index contributed by atoms with van der Waals surface area (Å²) >= 11 is 1.17. The predicted octanol–water partition coefficient (Wildman–Crippen LogP) is 2.65. The molecule has 7 nitrogen and oxygen atoms in total. The van der Waals surface area contributed by atoms with Crippen LogP contribution in [0.3, 0.4) is 0 Å². The van der Waals surface area contributed by atoms with Crippen LogP contribution < -0.4 is 0 Å². The molecule has 114 valence electrons. The molecule has 1 unspecified atom stereocenters. The number of H-pyrrole nitrogens is 1. The van der Waals surface area contributed by atoms with E-state index in [0.717, 1.165) is 16.5 Å². The number of aliphatic hydroxyl groups excluding tert-OH is 1. The van der Waals surface area contributed by atoms with E-state index >= 15 is 0 Å². The summed E-state index contributed by atoms with van der Waals surface area (Å²) in [7, 11) is 0. The topological polar surface area (TPSA) is 110 Å². The summed E-state index contributed by atoms with van der Waals surface area (Å²) in [6, 6.07) is 5.67. The molecular formula is C14H14N4O3S. The zero-order chi connectivity index (χ0) is 15.7. The van der Waals surface area contributed by atoms with Crippen molar-refractivity contribution in [1.29, 1.82) is 0 Å². The van der Waals surface area contributed by atoms with Gasteiger partial charge in [0, 0.05) is 12.0 Å². The minimum absolute atomic E-state index is 0.0775. The maximum Gasteiger partial charge on any atom is 0.261 e. The van der Waals surface area contributed by atoms with Gasteiger partial charge in [-0.25, -0.2) is 0 Å². The molecule has 1 aromatic carbocycles. The van der Waals surface area contributed by atoms with Gasteiger partial charge < -0.3 is 15.2 Å². The van der Waals surface area contributed by atoms with Crippen molar-refractivity contribution in [2.45, 2.75) is 18.6 Å². The van der Waals surface area contributed by atoms with Gasteiger partial charge in [-0.1, -0.05) is 23.4 Å². The molecular weight excluding hydrogens is 304 g/mol. The average Bonchev–Trinajstić information content (AvgIpc) is 2.97. The number of carbonyl (C=O) groups is 1. The van der Waals surface area contributed by atoms with Gasteiger partial charge in [-0.2, -0.15) is 4.99 Å². The van der Waals surface area contributed by atoms with Crippen molar-refractivity contribution in [3.05, 3.63) is 23.8 Å². The number of carbonyl (C=O) groups excluding carboxylic acids is 1. The van der Waals surface area contributed by atoms with Crippen LogP contribution in [0.25, 0.3) is 10.9 Å². The molecule has 0 fully saturated rings. The number of aromatic amines is 1. The smallest absolute Gasteiger partial charge is 0.261 e. The zero-order valence-corrected chi connectivity index (χ0v) is 12.6. The van der Waals surface area contributed by atoms with Crippen LogP contribution in [0.4, 0.5) is 5.69 Å². The molecule has 1 atom stereocenters. The van der Waals surface area contributed by atoms with Gasteiger partial charge in [-0.15, -0.1) is 10.2 Å². The minimum atomic E-state index is -0.405. The third-order valence-corrected chi connectivity index (χ3v) is 4.37. The number of thioether (sulfide) groups is 1. The number of nitrogens with zero attached hydrogens (tertiary/aromatic N) is 3. The zero-order valence-electron chi connectivity index (χ0n) is 11.8. The number of aliphatic imine (C=N–C) groups is 1. The molecule has 0 radical (unpaired) electrons. The van der Waals surface area contributed by atoms with Crippen LogP contribution in [0.5, 0.6) is 5.88 Å². The lowest BCUT2D eigenvalue weighted by Gasteiger charge is -2.00. The number of amides is 1. The van der Waals surface area contributed by atoms with Crippen molar-refractivity contribution in [1.82, 2.24) is 4.98 Å². The third kappa shape index (κ3) is 2.75. The monoisotopic (exact) mass is 318 g/mol. The van der Waals surface area contributed by atoms with Crippen LogP contribution in [-0.4, -0.2) is 38.1 Å². The number of azo groups is 1. The van der Waals surface area contributed by atoms with Crippen molar-refractivity contribution in [2.24, 2.45) is 15.2 Å². The number of aromatic nitrogens is 1. The highest BCUT2D eigenvalue weighted by Gasteiger charge is 2.28. The van der Waals surface area contributed by atoms with Crippen LogP contribution in [0, 0.1) is 6.92 Å². The van der Waals surface area contributed by atoms with Gasteiger partial charge in [-0.05, 0) is 25.5 Å². The predicted molar refractivity (Wildman–Crippen MR) is 84.7 cm³/mol. The summed E-state index contributed by atoms with van der Waals surface area (Å²) in [5.41, 5.74) is 2.11. The summed E-state index contributed by atoms with van der Waals surface area (Å²) < 4.78 is 0. The molecule has 1 amide bonds. The Labute approximate surface area is 130 Å². The second kappa shape index (κ2) is 5.90. The Bertz CT molecular complexity index is 797. The summed E-state index contributed by atoms with van der Waals surface area (Å²) in [6.07, 6.45) is 0.337. The number of rotatable bonds is 3. The normalized spacial score (nSPS) is 18.5. The highest BCUT2D eigenvalue weighted by atomic mass is 32.2. The number of hydrogen-bond acceptors (Lipinski definition) is 6. The fourth-order valence-corrected chi connectivity index (χ4v) is 3.05. The summed E-state index contributed by atoms with van der Waals surface area (Å²) in [6.45, 7) is 1.87. The van der Waals surface area contributed by atoms with Gasteiger partial charge in [0.25, 0.3) is 5.91 Å². The Morgan fingerprint density at radius 1 is 1.41 bits per heavy atom. The summed E-state index contributed by atoms with van der Waals surface area (Å²) in [4.78, 5) is 18.2. The standard InChI is InChI=1S/C14H14N4O3S/c1-7-2-3-9-8(6-7)11(13(21)15-9)17-18-14-16-12(20)10(22-14)4-5-19/h2-3,6,10,15,19,21H,4-5H2,1H3. The van der Waals surface area contributed by atoms with Gasteiger partial charge in [0.1, 0.15) is 0 Å². The molecule has 3 N–H and O–H groups in total. The number of hydrogen-bond donors (Lipinski definition) is 3. The molecule has 22 heavy (non-hydrogen) atoms. The lowest BCUT2D eigenvalue weighted by Crippen LogP contribution is -2.11. The molecule has 2 aromatic rings. The number of amidine groups is 1. The lowest BCUT2D eigenvalue weighted by molar-refractivity contribution is -0.117. The second-order valence-electron chi connectivity index (χ2n) is 4.92. The maximum atomic E-state index is 11.6. The van der Waals surface area contributed by atoms with E-state index in [0.29, 0.717) is 12.1 Å². The van der Waals surface area contributed by atoms with Crippen LogP contribution in [0.2, 0.25) is 0 Å². The van der Waals surface area contributed by atoms with Crippen molar-refractivity contribution < 1.29 is 15.0 Å². The fraction of sp³-hybridized carbons (Fsp3) is 0.286. The number of aliphatic hydroxyl groups is 1. The van der Waals surface area contributed by atoms with Crippen molar-refractivity contribution in [3.8, 4) is 5.88 Å². The molecule has 3 rings (SSSR count). The Kier molecular flexibility index (Phi) is 3.95. The molecule has 1 aliphatic rings. The first kappa shape index (κ1) is 14.7. The maximum absolute atomic E-state index is 11.6. The van der Waals surface area contributed by atoms with Gasteiger partial charge in [0.2, 0.25) is 11.0 Å². The largest absolute Gasteiger partial charge is 0.493 e. The number of benzene rings is 1. The average molecular weight is 318 g/mol. The van der Waals surface area contributed by atoms with Crippen LogP contribution in [0.1, 0.15) is 12.0 Å². The van der Waals surface area contributed by atoms with E-state index in [1.807, 2.05) is 25.1 Å². The van der Waals surface area contributed by atoms with E-state index in [1.165, 1.54) is 11.8 Å². The Hall–Kier alpha value is -2.19. The number of fused-ring (bicyclic) bond motifs is 1. The quantitative estimate of drug-likeness (QED) is 0.755. The minimum Gasteiger partial charge on any atom is -0.493 e. The van der Waals surface area contributed by atoms with E-state index < -0.39 is 5.25 Å². The Morgan fingerprint density at radius 3 is 3.00 bits per heavy atom. The lowest BCUT2D eigenvalue weighted by atomic mass is 10.2. The number of nitrogens with one attached hydrogen (secondary N) is 1. The molecule has 0 saturated carbocycles. The van der Waals surface area contributed by atoms with Gasteiger partial charge in [0.05, 0.1) is 10.8 Å². The van der Waals surface area contributed by atoms with E-state index in [2.05, 4.69) is 20.2 Å². The third-order valence-electron chi connectivity index (χ3n) is 3.26. The number of aryl methyl sites for hydroxylation is 1. The number of aromatic hydroxyl groups is 1. The van der Waals surface area contributed by atoms with Gasteiger partial charge >= 0.3 is 0 Å². The first-order valence-electron chi connectivity index (χ1n) is 6.71. The van der Waals surface area contributed by atoms with E-state index in [1.54, 1.807) is 0 Å². The first-order valence-corrected chi connectivity index (χ1v) is 7.59. The van der Waals surface area contributed by atoms with E-state index in [-0.39, 0.29) is 23.6 Å². The second-order valence-corrected chi connectivity index (χ2v) is 6.09. The van der Waals surface area contributed by atoms with E-state index in [4.69, 9.17) is 5.11 Å². The van der Waals surface area contributed by atoms with Gasteiger partial charge in [0.15, 0.2) is 5.69 Å². The van der Waals surface area contributed by atoms with Crippen molar-refractivity contribution in [2.75, 3.05) is 6.61 Å². The molecule has 0 spiro atoms. The van der Waals surface area contributed by atoms with Crippen LogP contribution in [0.15, 0.2) is 33.4 Å². The molecule has 0 saturated heterocycles. The molecule has 1 aromatic heterocycles. The molecule has 0 bridgehead atoms. The van der Waals surface area contributed by atoms with E-state index in [9.17, 15) is 9.90 Å². The van der Waals surface area contributed by atoms with Gasteiger partial charge in [-0.3, -0.25) is 4.79 Å². The molecule has 8 heteroatoms. The van der Waals surface area contributed by atoms with Crippen LogP contribution >= 0.6 is 11.8 Å². The molecule has 2 heterocycles. The highest BCUT2D eigenvalue weighted by molar-refractivity contribution is 8.15. The summed E-state index contributed by atoms with van der Waals surface area (Å²) in [5, 5.41) is 27.4. The molecule has 1 aliphatic heterocycles. The fourth-order valence-electron chi connectivity index (χ4n) is 2.19. The molecule has 0 aliphatic carbocycles. The highest BCUT2D eigenvalue weighted by Crippen LogP contribution is 2.36. The van der Waals surface area contributed by atoms with Crippen molar-refractivity contribution >= 4 is 39.4 Å². The van der Waals surface area contributed by atoms with Crippen LogP contribution in [-0.2, 0) is 4.79 Å². The van der Waals surface area contributed by atoms with Crippen molar-refractivity contribution in [3.63, 3.8) is 0 Å². The Balaban J connectivity index is 1.88. The first-order chi connectivity index (χ1) is 10.6. The summed E-state index contributed by atoms with van der Waals surface area (Å²) in [5.74, 6) is -0.391. The SMILES string of the molecule is Cc1ccc2[nH]c(O)c(N=NC3=NC(=O)C(CCO)S3)c2c1. The Morgan fingerprint density at radius 2 is 2.23 bits per heavy atom.